The summed E-state index contributed by atoms with van der Waals surface area (Å²) in [7, 11) is 2.04. The monoisotopic (exact) mass is 501 g/mol. The van der Waals surface area contributed by atoms with Gasteiger partial charge >= 0.3 is 0 Å². The van der Waals surface area contributed by atoms with Crippen LogP contribution in [0.15, 0.2) is 54.9 Å². The van der Waals surface area contributed by atoms with E-state index in [1.165, 1.54) is 24.6 Å². The predicted molar refractivity (Wildman–Crippen MR) is 113 cm³/mol. The van der Waals surface area contributed by atoms with Crippen molar-refractivity contribution in [3.8, 4) is 0 Å². The Hall–Kier alpha value is -2.15. The standard InChI is InChI=1S/C24H27N3O.HI/c1-26-16-8-7-11-21(26)15-14-19-17-27(23-13-6-5-12-22(19)23)18-24(28)25-20-9-3-2-4-10-20;/h5-8,11-17,20H,2-4,9-10,18H2,1H3;1H. The molecular formula is C24H28IN3O. The SMILES string of the molecule is C[n+]1ccccc1/C=C/c1cn(CC(=O)NC2CCCCC2)c2ccccc12.[I-]. The van der Waals surface area contributed by atoms with Gasteiger partial charge in [0, 0.05) is 46.9 Å². The van der Waals surface area contributed by atoms with Gasteiger partial charge in [-0.2, -0.15) is 0 Å². The fourth-order valence-electron chi connectivity index (χ4n) is 4.10. The van der Waals surface area contributed by atoms with E-state index in [2.05, 4.69) is 57.1 Å². The molecule has 0 radical (unpaired) electrons. The molecule has 1 saturated carbocycles. The quantitative estimate of drug-likeness (QED) is 0.413. The number of para-hydroxylation sites is 1. The van der Waals surface area contributed by atoms with E-state index in [0.717, 1.165) is 29.6 Å². The van der Waals surface area contributed by atoms with E-state index >= 15 is 0 Å². The molecule has 0 bridgehead atoms. The molecule has 1 amide bonds. The third kappa shape index (κ3) is 5.26. The zero-order chi connectivity index (χ0) is 19.3. The molecule has 1 aromatic carbocycles. The number of carbonyl (C=O) groups is 1. The van der Waals surface area contributed by atoms with Gasteiger partial charge in [0.15, 0.2) is 6.20 Å². The second kappa shape index (κ2) is 10.1. The fraction of sp³-hybridized carbons (Fsp3) is 0.333. The van der Waals surface area contributed by atoms with Crippen LogP contribution in [0.3, 0.4) is 0 Å². The number of fused-ring (bicyclic) bond motifs is 1. The number of benzene rings is 1. The second-order valence-electron chi connectivity index (χ2n) is 7.70. The number of carbonyl (C=O) groups excluding carboxylic acids is 1. The van der Waals surface area contributed by atoms with E-state index in [9.17, 15) is 4.79 Å². The number of aryl methyl sites for hydroxylation is 1. The van der Waals surface area contributed by atoms with Gasteiger partial charge in [-0.05, 0) is 31.1 Å². The van der Waals surface area contributed by atoms with Crippen LogP contribution in [-0.4, -0.2) is 16.5 Å². The summed E-state index contributed by atoms with van der Waals surface area (Å²) < 4.78 is 4.16. The lowest BCUT2D eigenvalue weighted by Crippen LogP contribution is -3.00. The molecule has 4 rings (SSSR count). The first-order chi connectivity index (χ1) is 13.7. The Morgan fingerprint density at radius 2 is 1.86 bits per heavy atom. The Kier molecular flexibility index (Phi) is 7.47. The van der Waals surface area contributed by atoms with Crippen LogP contribution in [0.25, 0.3) is 23.1 Å². The molecule has 5 heteroatoms. The summed E-state index contributed by atoms with van der Waals surface area (Å²) in [5.41, 5.74) is 3.36. The largest absolute Gasteiger partial charge is 1.00 e. The highest BCUT2D eigenvalue weighted by Crippen LogP contribution is 2.23. The summed E-state index contributed by atoms with van der Waals surface area (Å²) in [6.45, 7) is 0.365. The van der Waals surface area contributed by atoms with Gasteiger partial charge in [-0.15, -0.1) is 0 Å². The lowest BCUT2D eigenvalue weighted by molar-refractivity contribution is -0.673. The van der Waals surface area contributed by atoms with Gasteiger partial charge in [0.1, 0.15) is 13.6 Å². The Balaban J connectivity index is 0.00000240. The van der Waals surface area contributed by atoms with Crippen molar-refractivity contribution < 1.29 is 33.3 Å². The highest BCUT2D eigenvalue weighted by atomic mass is 127. The van der Waals surface area contributed by atoms with Gasteiger partial charge in [0.05, 0.1) is 0 Å². The Morgan fingerprint density at radius 1 is 1.10 bits per heavy atom. The first kappa shape index (κ1) is 21.6. The van der Waals surface area contributed by atoms with Crippen molar-refractivity contribution in [3.05, 3.63) is 66.1 Å². The molecule has 0 aliphatic heterocycles. The molecule has 29 heavy (non-hydrogen) atoms. The summed E-state index contributed by atoms with van der Waals surface area (Å²) >= 11 is 0. The average Bonchev–Trinajstić information content (AvgIpc) is 3.06. The van der Waals surface area contributed by atoms with E-state index in [4.69, 9.17) is 0 Å². The highest BCUT2D eigenvalue weighted by molar-refractivity contribution is 5.92. The predicted octanol–water partition coefficient (Wildman–Crippen LogP) is 1.09. The van der Waals surface area contributed by atoms with Crippen molar-refractivity contribution in [2.75, 3.05) is 0 Å². The molecule has 2 aromatic heterocycles. The third-order valence-electron chi connectivity index (χ3n) is 5.63. The minimum atomic E-state index is 0. The molecule has 0 unspecified atom stereocenters. The molecule has 2 heterocycles. The molecule has 1 aliphatic rings. The van der Waals surface area contributed by atoms with Gasteiger partial charge in [-0.25, -0.2) is 4.57 Å². The summed E-state index contributed by atoms with van der Waals surface area (Å²) in [6.07, 6.45) is 14.3. The molecule has 1 fully saturated rings. The number of hydrogen-bond acceptors (Lipinski definition) is 1. The van der Waals surface area contributed by atoms with E-state index < -0.39 is 0 Å². The van der Waals surface area contributed by atoms with Crippen LogP contribution in [0.2, 0.25) is 0 Å². The van der Waals surface area contributed by atoms with Crippen molar-refractivity contribution >= 4 is 29.0 Å². The minimum Gasteiger partial charge on any atom is -1.00 e. The molecule has 1 aliphatic carbocycles. The Morgan fingerprint density at radius 3 is 2.66 bits per heavy atom. The fourth-order valence-corrected chi connectivity index (χ4v) is 4.10. The van der Waals surface area contributed by atoms with Gasteiger partial charge < -0.3 is 33.9 Å². The van der Waals surface area contributed by atoms with Crippen molar-refractivity contribution in [1.82, 2.24) is 9.88 Å². The summed E-state index contributed by atoms with van der Waals surface area (Å²) in [6, 6.07) is 14.8. The maximum absolute atomic E-state index is 12.6. The number of aromatic nitrogens is 2. The number of amides is 1. The van der Waals surface area contributed by atoms with Crippen molar-refractivity contribution in [2.24, 2.45) is 7.05 Å². The molecule has 152 valence electrons. The lowest BCUT2D eigenvalue weighted by Gasteiger charge is -2.22. The molecule has 1 N–H and O–H groups in total. The minimum absolute atomic E-state index is 0. The Bertz CT molecular complexity index is 1000. The summed E-state index contributed by atoms with van der Waals surface area (Å²) in [4.78, 5) is 12.6. The average molecular weight is 501 g/mol. The van der Waals surface area contributed by atoms with Crippen LogP contribution < -0.4 is 33.9 Å². The Labute approximate surface area is 189 Å². The van der Waals surface area contributed by atoms with E-state index in [1.54, 1.807) is 0 Å². The number of pyridine rings is 1. The van der Waals surface area contributed by atoms with Crippen molar-refractivity contribution in [2.45, 2.75) is 44.7 Å². The molecule has 0 spiro atoms. The van der Waals surface area contributed by atoms with Gasteiger partial charge in [-0.1, -0.05) is 37.5 Å². The maximum atomic E-state index is 12.6. The smallest absolute Gasteiger partial charge is 0.240 e. The van der Waals surface area contributed by atoms with Crippen LogP contribution in [0, 0.1) is 0 Å². The van der Waals surface area contributed by atoms with Crippen LogP contribution in [0.4, 0.5) is 0 Å². The number of nitrogens with one attached hydrogen (secondary N) is 1. The van der Waals surface area contributed by atoms with Crippen LogP contribution in [0.1, 0.15) is 43.4 Å². The summed E-state index contributed by atoms with van der Waals surface area (Å²) in [5.74, 6) is 0.109. The zero-order valence-corrected chi connectivity index (χ0v) is 19.0. The highest BCUT2D eigenvalue weighted by Gasteiger charge is 2.16. The maximum Gasteiger partial charge on any atom is 0.240 e. The third-order valence-corrected chi connectivity index (χ3v) is 5.63. The van der Waals surface area contributed by atoms with Gasteiger partial charge in [0.2, 0.25) is 11.6 Å². The lowest BCUT2D eigenvalue weighted by atomic mass is 9.95. The van der Waals surface area contributed by atoms with Crippen LogP contribution >= 0.6 is 0 Å². The first-order valence-electron chi connectivity index (χ1n) is 10.2. The van der Waals surface area contributed by atoms with E-state index in [0.29, 0.717) is 12.6 Å². The number of rotatable bonds is 5. The normalized spacial score (nSPS) is 14.8. The van der Waals surface area contributed by atoms with E-state index in [-0.39, 0.29) is 29.9 Å². The van der Waals surface area contributed by atoms with Gasteiger partial charge in [-0.3, -0.25) is 4.79 Å². The first-order valence-corrected chi connectivity index (χ1v) is 10.2. The number of hydrogen-bond donors (Lipinski definition) is 1. The second-order valence-corrected chi connectivity index (χ2v) is 7.70. The topological polar surface area (TPSA) is 37.9 Å². The molecule has 0 atom stereocenters. The molecule has 0 saturated heterocycles. The zero-order valence-electron chi connectivity index (χ0n) is 16.9. The van der Waals surface area contributed by atoms with Crippen molar-refractivity contribution in [1.29, 1.82) is 0 Å². The van der Waals surface area contributed by atoms with Gasteiger partial charge in [0.25, 0.3) is 0 Å². The number of halogens is 1. The number of nitrogens with zero attached hydrogens (tertiary/aromatic N) is 2. The van der Waals surface area contributed by atoms with E-state index in [1.807, 2.05) is 31.4 Å². The van der Waals surface area contributed by atoms with Crippen LogP contribution in [-0.2, 0) is 18.4 Å². The van der Waals surface area contributed by atoms with Crippen molar-refractivity contribution in [3.63, 3.8) is 0 Å². The molecule has 3 aromatic rings. The summed E-state index contributed by atoms with van der Waals surface area (Å²) in [5, 5.41) is 4.39. The molecule has 4 nitrogen and oxygen atoms in total. The molecular weight excluding hydrogens is 473 g/mol. The van der Waals surface area contributed by atoms with Crippen LogP contribution in [0.5, 0.6) is 0 Å².